The van der Waals surface area contributed by atoms with Gasteiger partial charge in [-0.05, 0) is 44.5 Å². The number of piperidine rings is 1. The number of hydrogen-bond donors (Lipinski definition) is 1. The predicted molar refractivity (Wildman–Crippen MR) is 85.6 cm³/mol. The second kappa shape index (κ2) is 5.85. The van der Waals surface area contributed by atoms with Gasteiger partial charge < -0.3 is 10.6 Å². The van der Waals surface area contributed by atoms with Crippen LogP contribution in [0.25, 0.3) is 0 Å². The zero-order valence-electron chi connectivity index (χ0n) is 12.4. The van der Waals surface area contributed by atoms with Crippen molar-refractivity contribution < 1.29 is 4.79 Å². The summed E-state index contributed by atoms with van der Waals surface area (Å²) in [6.07, 6.45) is 3.73. The van der Waals surface area contributed by atoms with Gasteiger partial charge in [0.2, 0.25) is 0 Å². The van der Waals surface area contributed by atoms with E-state index in [1.807, 2.05) is 4.90 Å². The highest BCUT2D eigenvalue weighted by molar-refractivity contribution is 6.31. The molecule has 2 atom stereocenters. The van der Waals surface area contributed by atoms with Crippen LogP contribution in [0.5, 0.6) is 0 Å². The molecule has 0 aliphatic carbocycles. The molecule has 2 fully saturated rings. The van der Waals surface area contributed by atoms with Crippen LogP contribution in [0.15, 0.2) is 18.2 Å². The zero-order chi connectivity index (χ0) is 15.0. The summed E-state index contributed by atoms with van der Waals surface area (Å²) in [5.41, 5.74) is 6.93. The van der Waals surface area contributed by atoms with Crippen LogP contribution >= 0.6 is 11.6 Å². The van der Waals surface area contributed by atoms with Crippen LogP contribution < -0.4 is 5.73 Å². The van der Waals surface area contributed by atoms with Crippen LogP contribution in [-0.2, 0) is 0 Å². The lowest BCUT2D eigenvalue weighted by Gasteiger charge is -2.47. The fourth-order valence-corrected chi connectivity index (χ4v) is 3.78. The van der Waals surface area contributed by atoms with E-state index in [1.165, 1.54) is 25.8 Å². The van der Waals surface area contributed by atoms with E-state index in [4.69, 9.17) is 17.3 Å². The van der Waals surface area contributed by atoms with Crippen LogP contribution in [0.4, 0.5) is 5.69 Å². The summed E-state index contributed by atoms with van der Waals surface area (Å²) in [7, 11) is 0. The van der Waals surface area contributed by atoms with Gasteiger partial charge >= 0.3 is 0 Å². The summed E-state index contributed by atoms with van der Waals surface area (Å²) in [5, 5.41) is 0.516. The first-order valence-corrected chi connectivity index (χ1v) is 8.03. The fourth-order valence-electron chi connectivity index (χ4n) is 3.54. The first-order valence-electron chi connectivity index (χ1n) is 7.65. The molecule has 4 nitrogen and oxygen atoms in total. The molecule has 2 saturated heterocycles. The lowest BCUT2D eigenvalue weighted by molar-refractivity contribution is 0.0152. The van der Waals surface area contributed by atoms with Crippen LogP contribution in [0.2, 0.25) is 5.02 Å². The Morgan fingerprint density at radius 1 is 1.29 bits per heavy atom. The van der Waals surface area contributed by atoms with Gasteiger partial charge in [0, 0.05) is 41.4 Å². The van der Waals surface area contributed by atoms with Crippen molar-refractivity contribution in [2.75, 3.05) is 25.4 Å². The van der Waals surface area contributed by atoms with Crippen molar-refractivity contribution in [2.45, 2.75) is 38.3 Å². The van der Waals surface area contributed by atoms with Crippen molar-refractivity contribution in [3.8, 4) is 0 Å². The maximum absolute atomic E-state index is 12.8. The molecular weight excluding hydrogens is 286 g/mol. The number of amides is 1. The van der Waals surface area contributed by atoms with Gasteiger partial charge in [0.25, 0.3) is 5.91 Å². The maximum atomic E-state index is 12.8. The highest BCUT2D eigenvalue weighted by Crippen LogP contribution is 2.26. The number of halogens is 1. The topological polar surface area (TPSA) is 49.6 Å². The molecule has 2 unspecified atom stereocenters. The second-order valence-corrected chi connectivity index (χ2v) is 6.66. The Morgan fingerprint density at radius 2 is 2.10 bits per heavy atom. The van der Waals surface area contributed by atoms with Crippen molar-refractivity contribution in [2.24, 2.45) is 0 Å². The summed E-state index contributed by atoms with van der Waals surface area (Å²) >= 11 is 6.02. The van der Waals surface area contributed by atoms with Crippen LogP contribution in [0, 0.1) is 0 Å². The summed E-state index contributed by atoms with van der Waals surface area (Å²) in [6.45, 7) is 5.07. The number of anilines is 1. The van der Waals surface area contributed by atoms with Gasteiger partial charge in [-0.15, -0.1) is 0 Å². The molecule has 2 heterocycles. The molecular formula is C16H22ClN3O. The molecule has 1 amide bonds. The van der Waals surface area contributed by atoms with Crippen LogP contribution in [-0.4, -0.2) is 47.4 Å². The number of carbonyl (C=O) groups is 1. The monoisotopic (exact) mass is 307 g/mol. The number of fused-ring (bicyclic) bond motifs is 1. The number of piperazine rings is 1. The van der Waals surface area contributed by atoms with Crippen molar-refractivity contribution in [1.82, 2.24) is 9.80 Å². The van der Waals surface area contributed by atoms with Crippen molar-refractivity contribution in [1.29, 1.82) is 0 Å². The van der Waals surface area contributed by atoms with Gasteiger partial charge in [0.1, 0.15) is 0 Å². The zero-order valence-corrected chi connectivity index (χ0v) is 13.1. The van der Waals surface area contributed by atoms with Crippen molar-refractivity contribution >= 4 is 23.2 Å². The molecule has 5 heteroatoms. The standard InChI is InChI=1S/C16H22ClN3O/c1-11-9-19-5-3-2-4-15(19)10-20(11)16(21)12-6-13(17)8-14(18)7-12/h6-8,11,15H,2-5,9-10,18H2,1H3. The van der Waals surface area contributed by atoms with Gasteiger partial charge in [-0.25, -0.2) is 0 Å². The normalized spacial score (nSPS) is 26.5. The molecule has 3 rings (SSSR count). The Kier molecular flexibility index (Phi) is 4.09. The number of benzene rings is 1. The molecule has 1 aromatic rings. The number of nitrogen functional groups attached to an aromatic ring is 1. The van der Waals surface area contributed by atoms with Crippen LogP contribution in [0.1, 0.15) is 36.5 Å². The number of rotatable bonds is 1. The molecule has 114 valence electrons. The van der Waals surface area contributed by atoms with E-state index in [-0.39, 0.29) is 11.9 Å². The van der Waals surface area contributed by atoms with E-state index >= 15 is 0 Å². The summed E-state index contributed by atoms with van der Waals surface area (Å²) in [5.74, 6) is 0.0434. The summed E-state index contributed by atoms with van der Waals surface area (Å²) in [4.78, 5) is 17.3. The Hall–Kier alpha value is -1.26. The molecule has 2 aliphatic rings. The quantitative estimate of drug-likeness (QED) is 0.811. The lowest BCUT2D eigenvalue weighted by Crippen LogP contribution is -2.60. The van der Waals surface area contributed by atoms with E-state index < -0.39 is 0 Å². The fraction of sp³-hybridized carbons (Fsp3) is 0.562. The minimum Gasteiger partial charge on any atom is -0.399 e. The van der Waals surface area contributed by atoms with Gasteiger partial charge in [-0.2, -0.15) is 0 Å². The van der Waals surface area contributed by atoms with E-state index in [0.717, 1.165) is 13.1 Å². The molecule has 0 saturated carbocycles. The SMILES string of the molecule is CC1CN2CCCCC2CN1C(=O)c1cc(N)cc(Cl)c1. The van der Waals surface area contributed by atoms with Crippen molar-refractivity contribution in [3.05, 3.63) is 28.8 Å². The number of nitrogens with zero attached hydrogens (tertiary/aromatic N) is 2. The average molecular weight is 308 g/mol. The number of carbonyl (C=O) groups excluding carboxylic acids is 1. The summed E-state index contributed by atoms with van der Waals surface area (Å²) < 4.78 is 0. The molecule has 0 aromatic heterocycles. The number of nitrogens with two attached hydrogens (primary N) is 1. The molecule has 21 heavy (non-hydrogen) atoms. The maximum Gasteiger partial charge on any atom is 0.254 e. The molecule has 2 N–H and O–H groups in total. The van der Waals surface area contributed by atoms with Crippen molar-refractivity contribution in [3.63, 3.8) is 0 Å². The minimum absolute atomic E-state index is 0.0434. The molecule has 1 aromatic carbocycles. The first kappa shape index (κ1) is 14.7. The van der Waals surface area contributed by atoms with Gasteiger partial charge in [0.15, 0.2) is 0 Å². The largest absolute Gasteiger partial charge is 0.399 e. The number of hydrogen-bond acceptors (Lipinski definition) is 3. The Labute approximate surface area is 130 Å². The minimum atomic E-state index is 0.0434. The van der Waals surface area contributed by atoms with Gasteiger partial charge in [-0.3, -0.25) is 9.69 Å². The Balaban J connectivity index is 1.80. The molecule has 0 radical (unpaired) electrons. The second-order valence-electron chi connectivity index (χ2n) is 6.22. The lowest BCUT2D eigenvalue weighted by atomic mass is 9.96. The summed E-state index contributed by atoms with van der Waals surface area (Å²) in [6, 6.07) is 5.83. The van der Waals surface area contributed by atoms with Crippen LogP contribution in [0.3, 0.4) is 0 Å². The molecule has 2 aliphatic heterocycles. The van der Waals surface area contributed by atoms with Gasteiger partial charge in [0.05, 0.1) is 0 Å². The Morgan fingerprint density at radius 3 is 2.86 bits per heavy atom. The third-order valence-corrected chi connectivity index (χ3v) is 4.83. The van der Waals surface area contributed by atoms with E-state index in [9.17, 15) is 4.79 Å². The van der Waals surface area contributed by atoms with E-state index in [1.54, 1.807) is 18.2 Å². The average Bonchev–Trinajstić information content (AvgIpc) is 2.44. The smallest absolute Gasteiger partial charge is 0.254 e. The van der Waals surface area contributed by atoms with E-state index in [2.05, 4.69) is 11.8 Å². The third kappa shape index (κ3) is 3.01. The highest BCUT2D eigenvalue weighted by atomic mass is 35.5. The molecule has 0 spiro atoms. The first-order chi connectivity index (χ1) is 10.0. The van der Waals surface area contributed by atoms with E-state index in [0.29, 0.717) is 22.3 Å². The Bertz CT molecular complexity index is 528. The third-order valence-electron chi connectivity index (χ3n) is 4.62. The predicted octanol–water partition coefficient (Wildman–Crippen LogP) is 2.62. The molecule has 0 bridgehead atoms. The highest BCUT2D eigenvalue weighted by Gasteiger charge is 2.35. The van der Waals surface area contributed by atoms with Gasteiger partial charge in [-0.1, -0.05) is 18.0 Å².